The number of rotatable bonds is 6. The third-order valence-corrected chi connectivity index (χ3v) is 7.92. The maximum atomic E-state index is 13.1. The summed E-state index contributed by atoms with van der Waals surface area (Å²) in [7, 11) is 1.61. The number of carbonyl (C=O) groups excluding carboxylic acids is 1. The molecule has 0 spiro atoms. The molecular weight excluding hydrogens is 428 g/mol. The number of amides is 1. The van der Waals surface area contributed by atoms with Gasteiger partial charge >= 0.3 is 6.09 Å². The van der Waals surface area contributed by atoms with Crippen molar-refractivity contribution in [2.45, 2.75) is 51.7 Å². The molecule has 6 rings (SSSR count). The molecule has 4 aliphatic rings. The lowest BCUT2D eigenvalue weighted by Gasteiger charge is -2.44. The Kier molecular flexibility index (Phi) is 6.54. The molecule has 3 saturated heterocycles. The summed E-state index contributed by atoms with van der Waals surface area (Å²) in [5, 5.41) is 3.27. The van der Waals surface area contributed by atoms with Crippen molar-refractivity contribution >= 4 is 6.09 Å². The molecule has 0 saturated carbocycles. The number of nitrogens with one attached hydrogen (secondary N) is 1. The topological polar surface area (TPSA) is 60.0 Å². The van der Waals surface area contributed by atoms with Crippen molar-refractivity contribution in [3.63, 3.8) is 0 Å². The van der Waals surface area contributed by atoms with Gasteiger partial charge in [-0.2, -0.15) is 0 Å². The SMILES string of the molecule is COCOc1ccc(-c2ccc3c(c2)C(NC(=O)O[C@H]2CN4CCC2CC4)C(C)(C)CC3)cc1. The summed E-state index contributed by atoms with van der Waals surface area (Å²) in [6, 6.07) is 14.6. The lowest BCUT2D eigenvalue weighted by atomic mass is 9.70. The molecule has 1 amide bonds. The molecule has 0 radical (unpaired) electrons. The summed E-state index contributed by atoms with van der Waals surface area (Å²) in [5.74, 6) is 1.28. The van der Waals surface area contributed by atoms with Gasteiger partial charge in [0.05, 0.1) is 6.04 Å². The minimum Gasteiger partial charge on any atom is -0.468 e. The van der Waals surface area contributed by atoms with E-state index in [2.05, 4.69) is 54.4 Å². The van der Waals surface area contributed by atoms with Crippen LogP contribution in [0.3, 0.4) is 0 Å². The maximum Gasteiger partial charge on any atom is 0.407 e. The lowest BCUT2D eigenvalue weighted by molar-refractivity contribution is -0.0353. The summed E-state index contributed by atoms with van der Waals surface area (Å²) in [6.45, 7) is 7.86. The van der Waals surface area contributed by atoms with Crippen molar-refractivity contribution in [2.75, 3.05) is 33.5 Å². The van der Waals surface area contributed by atoms with Gasteiger partial charge in [0.15, 0.2) is 6.79 Å². The number of hydrogen-bond donors (Lipinski definition) is 1. The molecule has 3 aliphatic heterocycles. The fraction of sp³-hybridized carbons (Fsp3) is 0.536. The van der Waals surface area contributed by atoms with Crippen LogP contribution in [0.1, 0.15) is 50.3 Å². The monoisotopic (exact) mass is 464 g/mol. The third kappa shape index (κ3) is 4.80. The van der Waals surface area contributed by atoms with Crippen LogP contribution in [0.15, 0.2) is 42.5 Å². The van der Waals surface area contributed by atoms with E-state index in [-0.39, 0.29) is 30.4 Å². The fourth-order valence-corrected chi connectivity index (χ4v) is 5.77. The van der Waals surface area contributed by atoms with E-state index >= 15 is 0 Å². The van der Waals surface area contributed by atoms with Crippen molar-refractivity contribution < 1.29 is 19.0 Å². The molecule has 1 N–H and O–H groups in total. The van der Waals surface area contributed by atoms with E-state index in [9.17, 15) is 4.79 Å². The van der Waals surface area contributed by atoms with Gasteiger partial charge in [0, 0.05) is 13.7 Å². The Balaban J connectivity index is 1.34. The molecule has 2 aromatic carbocycles. The number of fused-ring (bicyclic) bond motifs is 4. The quantitative estimate of drug-likeness (QED) is 0.598. The molecule has 1 aliphatic carbocycles. The largest absolute Gasteiger partial charge is 0.468 e. The zero-order valence-corrected chi connectivity index (χ0v) is 20.5. The second-order valence-corrected chi connectivity index (χ2v) is 10.6. The van der Waals surface area contributed by atoms with E-state index < -0.39 is 0 Å². The summed E-state index contributed by atoms with van der Waals surface area (Å²) >= 11 is 0. The molecular formula is C28H36N2O4. The molecule has 6 nitrogen and oxygen atoms in total. The first-order valence-electron chi connectivity index (χ1n) is 12.5. The number of carbonyl (C=O) groups is 1. The van der Waals surface area contributed by atoms with Gasteiger partial charge < -0.3 is 19.5 Å². The van der Waals surface area contributed by atoms with Crippen LogP contribution in [-0.2, 0) is 15.9 Å². The van der Waals surface area contributed by atoms with E-state index in [1.807, 2.05) is 12.1 Å². The highest BCUT2D eigenvalue weighted by Gasteiger charge is 2.40. The van der Waals surface area contributed by atoms with Gasteiger partial charge in [-0.15, -0.1) is 0 Å². The highest BCUT2D eigenvalue weighted by atomic mass is 16.7. The zero-order chi connectivity index (χ0) is 23.7. The van der Waals surface area contributed by atoms with Gasteiger partial charge in [-0.05, 0) is 90.6 Å². The number of piperidine rings is 3. The molecule has 2 aromatic rings. The van der Waals surface area contributed by atoms with Crippen LogP contribution in [-0.4, -0.2) is 50.6 Å². The number of hydrogen-bond acceptors (Lipinski definition) is 5. The van der Waals surface area contributed by atoms with Crippen molar-refractivity contribution in [1.82, 2.24) is 10.2 Å². The minimum absolute atomic E-state index is 0.0128. The van der Waals surface area contributed by atoms with Crippen LogP contribution in [0.4, 0.5) is 4.79 Å². The van der Waals surface area contributed by atoms with Crippen LogP contribution in [0.2, 0.25) is 0 Å². The van der Waals surface area contributed by atoms with Gasteiger partial charge in [-0.3, -0.25) is 4.90 Å². The molecule has 6 heteroatoms. The van der Waals surface area contributed by atoms with Crippen LogP contribution in [0, 0.1) is 11.3 Å². The van der Waals surface area contributed by atoms with Crippen LogP contribution >= 0.6 is 0 Å². The smallest absolute Gasteiger partial charge is 0.407 e. The molecule has 2 bridgehead atoms. The number of aryl methyl sites for hydroxylation is 1. The number of ether oxygens (including phenoxy) is 3. The second-order valence-electron chi connectivity index (χ2n) is 10.6. The summed E-state index contributed by atoms with van der Waals surface area (Å²) in [4.78, 5) is 15.5. The number of methoxy groups -OCH3 is 1. The molecule has 1 unspecified atom stereocenters. The molecule has 182 valence electrons. The Bertz CT molecular complexity index is 1010. The number of alkyl carbamates (subject to hydrolysis) is 1. The van der Waals surface area contributed by atoms with Gasteiger partial charge in [0.1, 0.15) is 11.9 Å². The Morgan fingerprint density at radius 2 is 1.82 bits per heavy atom. The maximum absolute atomic E-state index is 13.1. The third-order valence-electron chi connectivity index (χ3n) is 7.92. The van der Waals surface area contributed by atoms with E-state index in [1.165, 1.54) is 11.1 Å². The lowest BCUT2D eigenvalue weighted by Crippen LogP contribution is -2.53. The highest BCUT2D eigenvalue weighted by molar-refractivity contribution is 5.70. The molecule has 2 atom stereocenters. The first-order valence-corrected chi connectivity index (χ1v) is 12.5. The Morgan fingerprint density at radius 3 is 2.50 bits per heavy atom. The first-order chi connectivity index (χ1) is 16.4. The average Bonchev–Trinajstić information content (AvgIpc) is 2.85. The highest BCUT2D eigenvalue weighted by Crippen LogP contribution is 2.45. The van der Waals surface area contributed by atoms with Gasteiger partial charge in [0.25, 0.3) is 0 Å². The van der Waals surface area contributed by atoms with Gasteiger partial charge in [0.2, 0.25) is 0 Å². The van der Waals surface area contributed by atoms with Crippen molar-refractivity contribution in [1.29, 1.82) is 0 Å². The van der Waals surface area contributed by atoms with Crippen LogP contribution in [0.25, 0.3) is 11.1 Å². The van der Waals surface area contributed by atoms with E-state index in [1.54, 1.807) is 7.11 Å². The number of benzene rings is 2. The average molecular weight is 465 g/mol. The Morgan fingerprint density at radius 1 is 1.09 bits per heavy atom. The van der Waals surface area contributed by atoms with Gasteiger partial charge in [-0.1, -0.05) is 38.1 Å². The van der Waals surface area contributed by atoms with E-state index in [4.69, 9.17) is 14.2 Å². The number of nitrogens with zero attached hydrogens (tertiary/aromatic N) is 1. The fourth-order valence-electron chi connectivity index (χ4n) is 5.77. The van der Waals surface area contributed by atoms with E-state index in [0.717, 1.165) is 62.2 Å². The van der Waals surface area contributed by atoms with Crippen molar-refractivity contribution in [2.24, 2.45) is 11.3 Å². The van der Waals surface area contributed by atoms with Crippen LogP contribution in [0.5, 0.6) is 5.75 Å². The second kappa shape index (κ2) is 9.59. The Hall–Kier alpha value is -2.57. The van der Waals surface area contributed by atoms with Crippen LogP contribution < -0.4 is 10.1 Å². The minimum atomic E-state index is -0.283. The summed E-state index contributed by atoms with van der Waals surface area (Å²) in [6.07, 6.45) is 4.03. The first kappa shape index (κ1) is 23.2. The Labute approximate surface area is 202 Å². The van der Waals surface area contributed by atoms with Gasteiger partial charge in [-0.25, -0.2) is 4.79 Å². The molecule has 34 heavy (non-hydrogen) atoms. The summed E-state index contributed by atoms with van der Waals surface area (Å²) in [5.41, 5.74) is 4.69. The molecule has 3 heterocycles. The normalized spacial score (nSPS) is 27.0. The van der Waals surface area contributed by atoms with E-state index in [0.29, 0.717) is 5.92 Å². The molecule has 0 aromatic heterocycles. The summed E-state index contributed by atoms with van der Waals surface area (Å²) < 4.78 is 16.5. The predicted octanol–water partition coefficient (Wildman–Crippen LogP) is 5.17. The van der Waals surface area contributed by atoms with Crippen molar-refractivity contribution in [3.05, 3.63) is 53.6 Å². The predicted molar refractivity (Wildman–Crippen MR) is 132 cm³/mol. The zero-order valence-electron chi connectivity index (χ0n) is 20.5. The molecule has 3 fully saturated rings. The standard InChI is InChI=1S/C28H36N2O4/c1-28(2)13-10-20-4-5-22(19-6-8-23(9-7-19)33-18-32-3)16-24(20)26(28)29-27(31)34-25-17-30-14-11-21(25)12-15-30/h4-9,16,21,25-26H,10-15,17-18H2,1-3H3,(H,29,31)/t25-,26?/m0/s1. The van der Waals surface area contributed by atoms with Crippen molar-refractivity contribution in [3.8, 4) is 16.9 Å².